The van der Waals surface area contributed by atoms with Gasteiger partial charge in [0.05, 0.1) is 31.3 Å². The maximum Gasteiger partial charge on any atom is 0.351 e. The molecule has 0 radical (unpaired) electrons. The summed E-state index contributed by atoms with van der Waals surface area (Å²) in [4.78, 5) is 27.0. The lowest BCUT2D eigenvalue weighted by molar-refractivity contribution is -0.136. The van der Waals surface area contributed by atoms with Gasteiger partial charge in [0.15, 0.2) is 5.57 Å². The third kappa shape index (κ3) is 7.17. The standard InChI is InChI=1S/C23H29N5O6S2/c1-3-28-21(29)20(35-22(28)19(15-24)23(30)34-4-2)16-25-17-6-5-7-18(14-17)26-36(31,32)13-10-27-8-11-33-12-9-27/h5-7,14,16,25-26H,3-4,8-13H2,1-2H3/b20-16+,22-19-. The van der Waals surface area contributed by atoms with E-state index in [9.17, 15) is 23.3 Å². The number of carbonyl (C=O) groups is 1. The molecule has 1 aromatic carbocycles. The Hall–Kier alpha value is -3.18. The lowest BCUT2D eigenvalue weighted by Crippen LogP contribution is -2.39. The molecule has 0 atom stereocenters. The normalized spacial score (nSPS) is 15.8. The number of rotatable bonds is 10. The fraction of sp³-hybridized carbons (Fsp3) is 0.435. The van der Waals surface area contributed by atoms with Crippen molar-refractivity contribution in [2.45, 2.75) is 20.4 Å². The fourth-order valence-corrected chi connectivity index (χ4v) is 5.67. The van der Waals surface area contributed by atoms with Gasteiger partial charge in [0, 0.05) is 38.1 Å². The summed E-state index contributed by atoms with van der Waals surface area (Å²) in [6, 6.07) is 8.49. The van der Waals surface area contributed by atoms with Gasteiger partial charge >= 0.3 is 5.97 Å². The molecule has 0 bridgehead atoms. The maximum atomic E-state index is 12.8. The van der Waals surface area contributed by atoms with Crippen molar-refractivity contribution >= 4 is 50.5 Å². The Morgan fingerprint density at radius 1 is 1.28 bits per heavy atom. The van der Waals surface area contributed by atoms with Crippen LogP contribution in [0.15, 0.2) is 29.1 Å². The van der Waals surface area contributed by atoms with Crippen molar-refractivity contribution < 1.29 is 22.7 Å². The monoisotopic (exact) mass is 535 g/mol. The number of benzene rings is 1. The molecule has 0 aliphatic carbocycles. The number of thiazole rings is 1. The van der Waals surface area contributed by atoms with E-state index in [0.717, 1.165) is 11.3 Å². The minimum Gasteiger partial charge on any atom is -0.462 e. The zero-order valence-corrected chi connectivity index (χ0v) is 21.8. The van der Waals surface area contributed by atoms with Crippen molar-refractivity contribution in [1.82, 2.24) is 9.47 Å². The van der Waals surface area contributed by atoms with Crippen molar-refractivity contribution in [1.29, 1.82) is 5.26 Å². The third-order valence-electron chi connectivity index (χ3n) is 5.31. The van der Waals surface area contributed by atoms with Crippen LogP contribution in [0.5, 0.6) is 0 Å². The number of carbonyl (C=O) groups excluding carboxylic acids is 1. The molecule has 194 valence electrons. The quantitative estimate of drug-likeness (QED) is 0.405. The van der Waals surface area contributed by atoms with E-state index >= 15 is 0 Å². The van der Waals surface area contributed by atoms with E-state index in [1.807, 2.05) is 11.0 Å². The number of nitrogens with one attached hydrogen (secondary N) is 2. The molecular formula is C23H29N5O6S2. The molecule has 0 unspecified atom stereocenters. The van der Waals surface area contributed by atoms with Gasteiger partial charge in [-0.1, -0.05) is 6.07 Å². The number of anilines is 2. The number of hydrogen-bond acceptors (Lipinski definition) is 10. The molecule has 0 spiro atoms. The summed E-state index contributed by atoms with van der Waals surface area (Å²) in [5, 5.41) is 12.4. The van der Waals surface area contributed by atoms with Gasteiger partial charge in [0.1, 0.15) is 15.3 Å². The summed E-state index contributed by atoms with van der Waals surface area (Å²) in [7, 11) is -3.55. The number of nitriles is 1. The molecular weight excluding hydrogens is 506 g/mol. The van der Waals surface area contributed by atoms with Gasteiger partial charge < -0.3 is 14.8 Å². The van der Waals surface area contributed by atoms with Gasteiger partial charge in [-0.15, -0.1) is 11.3 Å². The van der Waals surface area contributed by atoms with Gasteiger partial charge in [-0.05, 0) is 32.0 Å². The minimum atomic E-state index is -3.55. The number of esters is 1. The predicted octanol–water partition coefficient (Wildman–Crippen LogP) is 0.0911. The molecule has 2 heterocycles. The number of hydrogen-bond donors (Lipinski definition) is 2. The van der Waals surface area contributed by atoms with E-state index in [1.165, 1.54) is 10.8 Å². The predicted molar refractivity (Wildman–Crippen MR) is 138 cm³/mol. The SMILES string of the molecule is CCOC(=O)/C(C#N)=c1\s/c(=C/Nc2cccc(NS(=O)(=O)CCN3CCOCC3)c2)c(=O)n1CC. The van der Waals surface area contributed by atoms with Crippen molar-refractivity contribution in [2.24, 2.45) is 0 Å². The second-order valence-electron chi connectivity index (χ2n) is 7.77. The Bertz CT molecular complexity index is 1400. The van der Waals surface area contributed by atoms with E-state index in [4.69, 9.17) is 9.47 Å². The first-order valence-corrected chi connectivity index (χ1v) is 13.9. The summed E-state index contributed by atoms with van der Waals surface area (Å²) < 4.78 is 39.7. The number of nitrogens with zero attached hydrogens (tertiary/aromatic N) is 3. The van der Waals surface area contributed by atoms with Crippen LogP contribution < -0.4 is 24.8 Å². The van der Waals surface area contributed by atoms with Crippen LogP contribution in [0.1, 0.15) is 13.8 Å². The molecule has 1 fully saturated rings. The second-order valence-corrected chi connectivity index (χ2v) is 10.6. The Morgan fingerprint density at radius 2 is 2.00 bits per heavy atom. The summed E-state index contributed by atoms with van der Waals surface area (Å²) in [6.07, 6.45) is 1.47. The van der Waals surface area contributed by atoms with Gasteiger partial charge in [0.2, 0.25) is 10.0 Å². The average molecular weight is 536 g/mol. The molecule has 2 N–H and O–H groups in total. The van der Waals surface area contributed by atoms with Crippen LogP contribution in [0.2, 0.25) is 0 Å². The summed E-state index contributed by atoms with van der Waals surface area (Å²) >= 11 is 0.998. The molecule has 11 nitrogen and oxygen atoms in total. The Kier molecular flexibility index (Phi) is 9.65. The largest absolute Gasteiger partial charge is 0.462 e. The van der Waals surface area contributed by atoms with Crippen molar-refractivity contribution in [3.8, 4) is 6.07 Å². The number of sulfonamides is 1. The molecule has 1 saturated heterocycles. The summed E-state index contributed by atoms with van der Waals surface area (Å²) in [5.41, 5.74) is 0.349. The van der Waals surface area contributed by atoms with Gasteiger partial charge in [-0.25, -0.2) is 13.2 Å². The fourth-order valence-electron chi connectivity index (χ4n) is 3.50. The van der Waals surface area contributed by atoms with Gasteiger partial charge in [-0.3, -0.25) is 19.0 Å². The highest BCUT2D eigenvalue weighted by Crippen LogP contribution is 2.16. The number of morpholine rings is 1. The topological polar surface area (TPSA) is 143 Å². The van der Waals surface area contributed by atoms with Crippen LogP contribution in [0.4, 0.5) is 11.4 Å². The second kappa shape index (κ2) is 12.7. The summed E-state index contributed by atoms with van der Waals surface area (Å²) in [5.74, 6) is -0.819. The van der Waals surface area contributed by atoms with Crippen LogP contribution in [-0.2, 0) is 30.8 Å². The average Bonchev–Trinajstić information content (AvgIpc) is 3.17. The van der Waals surface area contributed by atoms with Crippen LogP contribution >= 0.6 is 11.3 Å². The van der Waals surface area contributed by atoms with Crippen molar-refractivity contribution in [3.05, 3.63) is 43.8 Å². The first-order valence-electron chi connectivity index (χ1n) is 11.5. The lowest BCUT2D eigenvalue weighted by Gasteiger charge is -2.26. The third-order valence-corrected chi connectivity index (χ3v) is 7.71. The van der Waals surface area contributed by atoms with Crippen LogP contribution in [0.25, 0.3) is 11.8 Å². The van der Waals surface area contributed by atoms with E-state index < -0.39 is 16.0 Å². The molecule has 1 aromatic heterocycles. The molecule has 13 heteroatoms. The molecule has 3 rings (SSSR count). The van der Waals surface area contributed by atoms with Gasteiger partial charge in [0.25, 0.3) is 5.56 Å². The smallest absolute Gasteiger partial charge is 0.351 e. The Balaban J connectivity index is 1.79. The van der Waals surface area contributed by atoms with E-state index in [-0.39, 0.29) is 39.2 Å². The minimum absolute atomic E-state index is 0.0382. The molecule has 36 heavy (non-hydrogen) atoms. The number of ether oxygens (including phenoxy) is 2. The zero-order chi connectivity index (χ0) is 26.1. The highest BCUT2D eigenvalue weighted by atomic mass is 32.2. The molecule has 0 amide bonds. The Morgan fingerprint density at radius 3 is 2.67 bits per heavy atom. The van der Waals surface area contributed by atoms with Crippen LogP contribution in [0, 0.1) is 11.3 Å². The van der Waals surface area contributed by atoms with Gasteiger partial charge in [-0.2, -0.15) is 5.26 Å². The first-order chi connectivity index (χ1) is 17.3. The van der Waals surface area contributed by atoms with Crippen LogP contribution in [0.3, 0.4) is 0 Å². The van der Waals surface area contributed by atoms with Crippen molar-refractivity contribution in [3.63, 3.8) is 0 Å². The first kappa shape index (κ1) is 27.4. The highest BCUT2D eigenvalue weighted by molar-refractivity contribution is 7.92. The molecule has 2 aromatic rings. The van der Waals surface area contributed by atoms with Crippen molar-refractivity contribution in [2.75, 3.05) is 55.2 Å². The maximum absolute atomic E-state index is 12.8. The highest BCUT2D eigenvalue weighted by Gasteiger charge is 2.17. The molecule has 1 aliphatic rings. The Labute approximate surface area is 213 Å². The lowest BCUT2D eigenvalue weighted by atomic mass is 10.3. The van der Waals surface area contributed by atoms with E-state index in [1.54, 1.807) is 38.1 Å². The van der Waals surface area contributed by atoms with E-state index in [0.29, 0.717) is 44.2 Å². The summed E-state index contributed by atoms with van der Waals surface area (Å²) in [6.45, 7) is 6.80. The van der Waals surface area contributed by atoms with Crippen LogP contribution in [-0.4, -0.2) is 69.1 Å². The molecule has 0 saturated carbocycles. The molecule has 1 aliphatic heterocycles. The number of aromatic nitrogens is 1. The van der Waals surface area contributed by atoms with E-state index in [2.05, 4.69) is 10.0 Å². The zero-order valence-electron chi connectivity index (χ0n) is 20.2.